The molecular formula is C39H50F2N4O4Si. The van der Waals surface area contributed by atoms with E-state index in [4.69, 9.17) is 24.0 Å². The van der Waals surface area contributed by atoms with Crippen LogP contribution in [-0.2, 0) is 14.3 Å². The molecule has 0 saturated carbocycles. The minimum atomic E-state index is -2.14. The maximum absolute atomic E-state index is 16.7. The Hall–Kier alpha value is -3.40. The van der Waals surface area contributed by atoms with E-state index in [-0.39, 0.29) is 24.8 Å². The molecule has 6 rings (SSSR count). The second-order valence-corrected chi connectivity index (χ2v) is 20.4. The van der Waals surface area contributed by atoms with Gasteiger partial charge in [-0.25, -0.2) is 19.3 Å². The van der Waals surface area contributed by atoms with E-state index in [1.54, 1.807) is 6.20 Å². The SMILES string of the molecule is COCON1C=c2c(OC)nc(F)c(-c3c(C#C[Si](C(C)C)(C(C)C)C(C)C)ccc4ccccc34)c2=NC1OC[C@@]12CCCN1C[C@H](F)C2. The molecule has 8 nitrogen and oxygen atoms in total. The molecule has 268 valence electrons. The van der Waals surface area contributed by atoms with Crippen molar-refractivity contribution >= 4 is 25.0 Å². The van der Waals surface area contributed by atoms with Crippen LogP contribution in [0.15, 0.2) is 41.4 Å². The molecule has 3 aliphatic rings. The lowest BCUT2D eigenvalue weighted by Crippen LogP contribution is -2.49. The number of pyridine rings is 1. The zero-order chi connectivity index (χ0) is 35.8. The topological polar surface area (TPSA) is 68.7 Å². The second-order valence-electron chi connectivity index (χ2n) is 14.8. The number of benzene rings is 2. The highest BCUT2D eigenvalue weighted by atomic mass is 28.3. The minimum absolute atomic E-state index is 0.0600. The van der Waals surface area contributed by atoms with E-state index in [9.17, 15) is 4.39 Å². The lowest BCUT2D eigenvalue weighted by Gasteiger charge is -2.38. The van der Waals surface area contributed by atoms with Gasteiger partial charge in [-0.05, 0) is 52.8 Å². The van der Waals surface area contributed by atoms with Crippen LogP contribution in [0.4, 0.5) is 8.78 Å². The first kappa shape index (κ1) is 36.4. The van der Waals surface area contributed by atoms with Crippen LogP contribution < -0.4 is 15.3 Å². The molecule has 50 heavy (non-hydrogen) atoms. The first-order valence-corrected chi connectivity index (χ1v) is 20.0. The van der Waals surface area contributed by atoms with Crippen molar-refractivity contribution in [2.24, 2.45) is 4.99 Å². The van der Waals surface area contributed by atoms with Crippen LogP contribution in [0, 0.1) is 17.4 Å². The lowest BCUT2D eigenvalue weighted by molar-refractivity contribution is -0.252. The second kappa shape index (κ2) is 14.7. The minimum Gasteiger partial charge on any atom is -0.480 e. The van der Waals surface area contributed by atoms with Crippen LogP contribution >= 0.6 is 0 Å². The number of hydrogen-bond acceptors (Lipinski definition) is 8. The Morgan fingerprint density at radius 2 is 1.76 bits per heavy atom. The summed E-state index contributed by atoms with van der Waals surface area (Å²) < 4.78 is 48.7. The summed E-state index contributed by atoms with van der Waals surface area (Å²) in [6, 6.07) is 11.9. The third kappa shape index (κ3) is 6.45. The Morgan fingerprint density at radius 1 is 1.02 bits per heavy atom. The van der Waals surface area contributed by atoms with Gasteiger partial charge in [0, 0.05) is 42.9 Å². The van der Waals surface area contributed by atoms with Crippen molar-refractivity contribution in [1.82, 2.24) is 14.9 Å². The summed E-state index contributed by atoms with van der Waals surface area (Å²) >= 11 is 0. The van der Waals surface area contributed by atoms with E-state index in [0.717, 1.165) is 30.2 Å². The average molecular weight is 705 g/mol. The van der Waals surface area contributed by atoms with E-state index in [2.05, 4.69) is 62.9 Å². The lowest BCUT2D eigenvalue weighted by atomic mass is 9.93. The summed E-state index contributed by atoms with van der Waals surface area (Å²) in [5.41, 5.74) is 6.25. The smallest absolute Gasteiger partial charge is 0.251 e. The van der Waals surface area contributed by atoms with Gasteiger partial charge in [0.1, 0.15) is 14.2 Å². The fourth-order valence-electron chi connectivity index (χ4n) is 8.78. The summed E-state index contributed by atoms with van der Waals surface area (Å²) in [6.45, 7) is 15.1. The van der Waals surface area contributed by atoms with Crippen LogP contribution in [0.25, 0.3) is 28.1 Å². The van der Waals surface area contributed by atoms with Gasteiger partial charge in [0.05, 0.1) is 29.9 Å². The number of rotatable bonds is 11. The Labute approximate surface area is 295 Å². The molecule has 0 N–H and O–H groups in total. The number of alkyl halides is 1. The summed E-state index contributed by atoms with van der Waals surface area (Å²) in [5.74, 6) is 2.94. The van der Waals surface area contributed by atoms with E-state index in [1.807, 2.05) is 36.4 Å². The van der Waals surface area contributed by atoms with Crippen LogP contribution in [-0.4, -0.2) is 81.8 Å². The maximum atomic E-state index is 16.7. The molecule has 11 heteroatoms. The number of hydroxylamine groups is 2. The average Bonchev–Trinajstić information content (AvgIpc) is 3.61. The monoisotopic (exact) mass is 704 g/mol. The summed E-state index contributed by atoms with van der Waals surface area (Å²) in [4.78, 5) is 17.4. The van der Waals surface area contributed by atoms with Gasteiger partial charge in [-0.15, -0.1) is 5.54 Å². The first-order valence-electron chi connectivity index (χ1n) is 17.7. The molecular weight excluding hydrogens is 655 g/mol. The predicted molar refractivity (Wildman–Crippen MR) is 194 cm³/mol. The normalized spacial score (nSPS) is 22.1. The van der Waals surface area contributed by atoms with Gasteiger partial charge in [-0.3, -0.25) is 4.90 Å². The molecule has 0 spiro atoms. The van der Waals surface area contributed by atoms with Crippen molar-refractivity contribution in [3.05, 3.63) is 58.5 Å². The molecule has 2 saturated heterocycles. The highest BCUT2D eigenvalue weighted by Gasteiger charge is 2.49. The van der Waals surface area contributed by atoms with Crippen molar-refractivity contribution in [2.45, 2.75) is 95.5 Å². The van der Waals surface area contributed by atoms with Gasteiger partial charge in [0.2, 0.25) is 11.8 Å². The number of fused-ring (bicyclic) bond motifs is 3. The van der Waals surface area contributed by atoms with Crippen molar-refractivity contribution in [2.75, 3.05) is 40.7 Å². The van der Waals surface area contributed by atoms with Crippen LogP contribution in [0.2, 0.25) is 16.6 Å². The Bertz CT molecular complexity index is 1890. The fourth-order valence-corrected chi connectivity index (χ4v) is 14.0. The molecule has 0 amide bonds. The zero-order valence-electron chi connectivity index (χ0n) is 30.6. The molecule has 2 fully saturated rings. The highest BCUT2D eigenvalue weighted by Crippen LogP contribution is 2.42. The van der Waals surface area contributed by atoms with E-state index < -0.39 is 32.1 Å². The molecule has 2 aromatic carbocycles. The number of ether oxygens (including phenoxy) is 3. The number of methoxy groups -OCH3 is 2. The van der Waals surface area contributed by atoms with Gasteiger partial charge in [0.25, 0.3) is 6.35 Å². The Balaban J connectivity index is 1.58. The van der Waals surface area contributed by atoms with Gasteiger partial charge < -0.3 is 14.2 Å². The molecule has 0 aliphatic carbocycles. The molecule has 4 heterocycles. The third-order valence-corrected chi connectivity index (χ3v) is 17.4. The molecule has 3 atom stereocenters. The van der Waals surface area contributed by atoms with E-state index in [1.165, 1.54) is 19.3 Å². The first-order chi connectivity index (χ1) is 24.0. The largest absolute Gasteiger partial charge is 0.480 e. The van der Waals surface area contributed by atoms with E-state index in [0.29, 0.717) is 51.3 Å². The molecule has 1 aromatic heterocycles. The van der Waals surface area contributed by atoms with Crippen LogP contribution in [0.1, 0.15) is 66.4 Å². The Kier molecular flexibility index (Phi) is 10.7. The van der Waals surface area contributed by atoms with Gasteiger partial charge in [-0.1, -0.05) is 77.8 Å². The van der Waals surface area contributed by atoms with Gasteiger partial charge >= 0.3 is 0 Å². The van der Waals surface area contributed by atoms with Gasteiger partial charge in [0.15, 0.2) is 6.79 Å². The molecule has 1 unspecified atom stereocenters. The molecule has 0 radical (unpaired) electrons. The number of halogens is 2. The van der Waals surface area contributed by atoms with Crippen molar-refractivity contribution in [3.8, 4) is 28.5 Å². The number of nitrogens with zero attached hydrogens (tertiary/aromatic N) is 4. The quantitative estimate of drug-likeness (QED) is 0.0953. The summed E-state index contributed by atoms with van der Waals surface area (Å²) in [5, 5.41) is 3.98. The van der Waals surface area contributed by atoms with Crippen molar-refractivity contribution in [3.63, 3.8) is 0 Å². The third-order valence-electron chi connectivity index (χ3n) is 11.1. The summed E-state index contributed by atoms with van der Waals surface area (Å²) in [7, 11) is 0.832. The maximum Gasteiger partial charge on any atom is 0.251 e. The molecule has 3 aromatic rings. The number of hydrogen-bond donors (Lipinski definition) is 0. The predicted octanol–water partition coefficient (Wildman–Crippen LogP) is 6.70. The van der Waals surface area contributed by atoms with Crippen molar-refractivity contribution in [1.29, 1.82) is 0 Å². The Morgan fingerprint density at radius 3 is 2.46 bits per heavy atom. The summed E-state index contributed by atoms with van der Waals surface area (Å²) in [6.07, 6.45) is 1.98. The van der Waals surface area contributed by atoms with E-state index >= 15 is 4.39 Å². The molecule has 0 bridgehead atoms. The fraction of sp³-hybridized carbons (Fsp3) is 0.538. The van der Waals surface area contributed by atoms with Crippen LogP contribution in [0.3, 0.4) is 0 Å². The number of aromatic nitrogens is 1. The highest BCUT2D eigenvalue weighted by molar-refractivity contribution is 6.90. The molecule has 3 aliphatic heterocycles. The zero-order valence-corrected chi connectivity index (χ0v) is 31.6. The standard InChI is InChI=1S/C39H50F2N4O4Si/c1-25(2)50(26(3)4,27(5)6)19-16-29-15-14-28-12-9-10-13-31(28)33(29)34-35-32(37(47-8)43-36(34)41)22-45(49-24-46-7)38(42-35)48-23-39-17-11-18-44(39)21-30(40)20-39/h9-10,12-15,22,25-27,30,38H,11,17-18,20-21,23-24H2,1-8H3/t30-,38?,39+/m1/s1. The van der Waals surface area contributed by atoms with Gasteiger partial charge in [-0.2, -0.15) is 9.37 Å². The van der Waals surface area contributed by atoms with Crippen LogP contribution in [0.5, 0.6) is 5.88 Å². The van der Waals surface area contributed by atoms with Crippen molar-refractivity contribution < 1.29 is 27.8 Å².